The molecule has 1 N–H and O–H groups in total. The first-order valence-electron chi connectivity index (χ1n) is 9.05. The molecule has 0 aliphatic carbocycles. The number of carbonyl (C=O) groups excluding carboxylic acids is 2. The van der Waals surface area contributed by atoms with Crippen molar-refractivity contribution in [2.24, 2.45) is 5.10 Å². The summed E-state index contributed by atoms with van der Waals surface area (Å²) in [5.74, 6) is 0.0584. The summed E-state index contributed by atoms with van der Waals surface area (Å²) in [5, 5.41) is 3.95. The lowest BCUT2D eigenvalue weighted by Gasteiger charge is -2.09. The summed E-state index contributed by atoms with van der Waals surface area (Å²) in [6.07, 6.45) is 4.42. The number of aromatic nitrogens is 1. The number of nitrogens with one attached hydrogen (secondary N) is 1. The van der Waals surface area contributed by atoms with Gasteiger partial charge in [0, 0.05) is 22.4 Å². The standard InChI is InChI=1S/C22H18BrN3O4/c1-2-29-19-8-5-15(6-9-19)22(28)30-20-10-7-18(23)12-17(20)14-25-26-21(27)16-4-3-11-24-13-16/h3-14H,2H2,1H3,(H,26,27)/b25-14-. The maximum absolute atomic E-state index is 12.5. The normalized spacial score (nSPS) is 10.6. The zero-order valence-corrected chi connectivity index (χ0v) is 17.6. The van der Waals surface area contributed by atoms with Crippen LogP contribution in [0, 0.1) is 0 Å². The smallest absolute Gasteiger partial charge is 0.343 e. The van der Waals surface area contributed by atoms with E-state index in [0.717, 1.165) is 4.47 Å². The van der Waals surface area contributed by atoms with Crippen LogP contribution in [0.25, 0.3) is 0 Å². The highest BCUT2D eigenvalue weighted by molar-refractivity contribution is 9.10. The van der Waals surface area contributed by atoms with Gasteiger partial charge in [-0.3, -0.25) is 9.78 Å². The van der Waals surface area contributed by atoms with E-state index in [1.807, 2.05) is 6.92 Å². The molecule has 0 spiro atoms. The van der Waals surface area contributed by atoms with Gasteiger partial charge in [0.25, 0.3) is 5.91 Å². The first-order valence-corrected chi connectivity index (χ1v) is 9.84. The van der Waals surface area contributed by atoms with Gasteiger partial charge in [0.15, 0.2) is 0 Å². The molecule has 0 aliphatic heterocycles. The number of ether oxygens (including phenoxy) is 2. The van der Waals surface area contributed by atoms with Crippen LogP contribution in [-0.2, 0) is 0 Å². The average molecular weight is 468 g/mol. The lowest BCUT2D eigenvalue weighted by Crippen LogP contribution is -2.17. The monoisotopic (exact) mass is 467 g/mol. The third kappa shape index (κ3) is 5.74. The molecule has 0 aliphatic rings. The van der Waals surface area contributed by atoms with Crippen LogP contribution in [0.5, 0.6) is 11.5 Å². The molecule has 3 rings (SSSR count). The Kier molecular flexibility index (Phi) is 7.29. The Morgan fingerprint density at radius 1 is 1.13 bits per heavy atom. The molecule has 1 heterocycles. The zero-order valence-electron chi connectivity index (χ0n) is 16.0. The van der Waals surface area contributed by atoms with Gasteiger partial charge >= 0.3 is 5.97 Å². The fraction of sp³-hybridized carbons (Fsp3) is 0.0909. The molecule has 8 heteroatoms. The van der Waals surface area contributed by atoms with Crippen molar-refractivity contribution in [1.82, 2.24) is 10.4 Å². The molecule has 0 saturated carbocycles. The molecule has 2 aromatic carbocycles. The van der Waals surface area contributed by atoms with E-state index >= 15 is 0 Å². The Hall–Kier alpha value is -3.52. The van der Waals surface area contributed by atoms with Gasteiger partial charge in [0.05, 0.1) is 23.9 Å². The van der Waals surface area contributed by atoms with Gasteiger partial charge in [-0.1, -0.05) is 15.9 Å². The summed E-state index contributed by atoms with van der Waals surface area (Å²) < 4.78 is 11.7. The van der Waals surface area contributed by atoms with Crippen LogP contribution < -0.4 is 14.9 Å². The molecule has 0 atom stereocenters. The maximum Gasteiger partial charge on any atom is 0.343 e. The minimum atomic E-state index is -0.519. The van der Waals surface area contributed by atoms with E-state index in [1.165, 1.54) is 12.4 Å². The topological polar surface area (TPSA) is 89.9 Å². The number of amides is 1. The number of carbonyl (C=O) groups is 2. The molecule has 0 saturated heterocycles. The predicted octanol–water partition coefficient (Wildman–Crippen LogP) is 4.23. The van der Waals surface area contributed by atoms with E-state index in [2.05, 4.69) is 31.4 Å². The van der Waals surface area contributed by atoms with Crippen LogP contribution >= 0.6 is 15.9 Å². The zero-order chi connectivity index (χ0) is 21.3. The molecular formula is C22H18BrN3O4. The SMILES string of the molecule is CCOc1ccc(C(=O)Oc2ccc(Br)cc2/C=N\NC(=O)c2cccnc2)cc1. The second kappa shape index (κ2) is 10.3. The highest BCUT2D eigenvalue weighted by Crippen LogP contribution is 2.23. The van der Waals surface area contributed by atoms with E-state index in [-0.39, 0.29) is 0 Å². The Morgan fingerprint density at radius 3 is 2.63 bits per heavy atom. The minimum absolute atomic E-state index is 0.302. The first-order chi connectivity index (χ1) is 14.6. The van der Waals surface area contributed by atoms with Gasteiger partial charge in [-0.2, -0.15) is 5.10 Å². The van der Waals surface area contributed by atoms with Gasteiger partial charge in [-0.05, 0) is 61.5 Å². The number of hydrazone groups is 1. The number of hydrogen-bond acceptors (Lipinski definition) is 6. The quantitative estimate of drug-likeness (QED) is 0.243. The van der Waals surface area contributed by atoms with E-state index in [1.54, 1.807) is 60.8 Å². The Labute approximate surface area is 181 Å². The van der Waals surface area contributed by atoms with Crippen molar-refractivity contribution in [2.75, 3.05) is 6.61 Å². The number of esters is 1. The summed E-state index contributed by atoms with van der Waals surface area (Å²) in [4.78, 5) is 28.4. The molecule has 1 aromatic heterocycles. The van der Waals surface area contributed by atoms with Crippen LogP contribution in [0.15, 0.2) is 76.6 Å². The summed E-state index contributed by atoms with van der Waals surface area (Å²) in [6, 6.07) is 15.1. The predicted molar refractivity (Wildman–Crippen MR) is 116 cm³/mol. The Bertz CT molecular complexity index is 1050. The van der Waals surface area contributed by atoms with Crippen molar-refractivity contribution in [3.8, 4) is 11.5 Å². The fourth-order valence-electron chi connectivity index (χ4n) is 2.45. The second-order valence-corrected chi connectivity index (χ2v) is 6.89. The fourth-order valence-corrected chi connectivity index (χ4v) is 2.83. The number of rotatable bonds is 7. The molecule has 0 bridgehead atoms. The molecule has 0 radical (unpaired) electrons. The van der Waals surface area contributed by atoms with Crippen molar-refractivity contribution in [3.63, 3.8) is 0 Å². The van der Waals surface area contributed by atoms with Crippen molar-refractivity contribution >= 4 is 34.0 Å². The van der Waals surface area contributed by atoms with E-state index < -0.39 is 11.9 Å². The summed E-state index contributed by atoms with van der Waals surface area (Å²) >= 11 is 3.38. The van der Waals surface area contributed by atoms with Crippen LogP contribution in [0.3, 0.4) is 0 Å². The minimum Gasteiger partial charge on any atom is -0.494 e. The van der Waals surface area contributed by atoms with E-state index in [4.69, 9.17) is 9.47 Å². The van der Waals surface area contributed by atoms with Crippen molar-refractivity contribution in [1.29, 1.82) is 0 Å². The van der Waals surface area contributed by atoms with Gasteiger partial charge in [-0.25, -0.2) is 10.2 Å². The van der Waals surface area contributed by atoms with Crippen LogP contribution in [0.4, 0.5) is 0 Å². The molecule has 0 unspecified atom stereocenters. The van der Waals surface area contributed by atoms with Crippen molar-refractivity contribution in [3.05, 3.63) is 88.2 Å². The Morgan fingerprint density at radius 2 is 1.93 bits per heavy atom. The highest BCUT2D eigenvalue weighted by atomic mass is 79.9. The molecule has 7 nitrogen and oxygen atoms in total. The van der Waals surface area contributed by atoms with Crippen LogP contribution in [0.2, 0.25) is 0 Å². The van der Waals surface area contributed by atoms with Gasteiger partial charge in [0.2, 0.25) is 0 Å². The second-order valence-electron chi connectivity index (χ2n) is 5.97. The summed E-state index contributed by atoms with van der Waals surface area (Å²) in [6.45, 7) is 2.43. The third-order valence-electron chi connectivity index (χ3n) is 3.87. The van der Waals surface area contributed by atoms with Gasteiger partial charge in [0.1, 0.15) is 11.5 Å². The number of hydrogen-bond donors (Lipinski definition) is 1. The van der Waals surface area contributed by atoms with Crippen molar-refractivity contribution < 1.29 is 19.1 Å². The van der Waals surface area contributed by atoms with Crippen LogP contribution in [0.1, 0.15) is 33.2 Å². The van der Waals surface area contributed by atoms with E-state index in [9.17, 15) is 9.59 Å². The van der Waals surface area contributed by atoms with Gasteiger partial charge in [-0.15, -0.1) is 0 Å². The largest absolute Gasteiger partial charge is 0.494 e. The first kappa shape index (κ1) is 21.2. The number of benzene rings is 2. The summed E-state index contributed by atoms with van der Waals surface area (Å²) in [7, 11) is 0. The Balaban J connectivity index is 1.71. The summed E-state index contributed by atoms with van der Waals surface area (Å²) in [5.41, 5.74) is 3.69. The molecule has 152 valence electrons. The third-order valence-corrected chi connectivity index (χ3v) is 4.36. The number of nitrogens with zero attached hydrogens (tertiary/aromatic N) is 2. The van der Waals surface area contributed by atoms with Crippen LogP contribution in [-0.4, -0.2) is 29.7 Å². The maximum atomic E-state index is 12.5. The lowest BCUT2D eigenvalue weighted by molar-refractivity contribution is 0.0734. The number of halogens is 1. The lowest BCUT2D eigenvalue weighted by atomic mass is 10.2. The number of pyridine rings is 1. The van der Waals surface area contributed by atoms with Gasteiger partial charge < -0.3 is 9.47 Å². The molecule has 3 aromatic rings. The molecule has 0 fully saturated rings. The van der Waals surface area contributed by atoms with E-state index in [0.29, 0.717) is 34.8 Å². The highest BCUT2D eigenvalue weighted by Gasteiger charge is 2.12. The molecule has 30 heavy (non-hydrogen) atoms. The average Bonchev–Trinajstić information content (AvgIpc) is 2.76. The molecular weight excluding hydrogens is 450 g/mol. The molecule has 1 amide bonds. The van der Waals surface area contributed by atoms with Crippen molar-refractivity contribution in [2.45, 2.75) is 6.92 Å².